The lowest BCUT2D eigenvalue weighted by Gasteiger charge is -2.11. The van der Waals surface area contributed by atoms with Gasteiger partial charge < -0.3 is 5.21 Å². The van der Waals surface area contributed by atoms with Crippen molar-refractivity contribution in [3.63, 3.8) is 0 Å². The Morgan fingerprint density at radius 1 is 1.05 bits per heavy atom. The standard InChI is InChI=1S/C17H17NO2/c1-11-4-5-15(10-12(11)2)17(13(3)19)14-6-8-16(18-20)9-7-14/h4-10,20H,1-3H3. The first-order chi connectivity index (χ1) is 9.52. The van der Waals surface area contributed by atoms with Crippen molar-refractivity contribution in [2.24, 2.45) is 5.16 Å². The normalized spacial score (nSPS) is 13.6. The number of Topliss-reactive ketones (excluding diaryl/α,β-unsaturated/α-hetero) is 1. The van der Waals surface area contributed by atoms with Gasteiger partial charge in [0.2, 0.25) is 0 Å². The first-order valence-corrected chi connectivity index (χ1v) is 6.44. The zero-order valence-corrected chi connectivity index (χ0v) is 11.8. The van der Waals surface area contributed by atoms with E-state index in [1.54, 1.807) is 31.2 Å². The van der Waals surface area contributed by atoms with E-state index in [2.05, 4.69) is 5.16 Å². The number of benzene rings is 1. The van der Waals surface area contributed by atoms with Crippen molar-refractivity contribution >= 4 is 17.1 Å². The average Bonchev–Trinajstić information content (AvgIpc) is 2.43. The number of allylic oxidation sites excluding steroid dienone is 6. The van der Waals surface area contributed by atoms with E-state index in [1.165, 1.54) is 5.56 Å². The highest BCUT2D eigenvalue weighted by Crippen LogP contribution is 2.25. The van der Waals surface area contributed by atoms with Crippen LogP contribution < -0.4 is 0 Å². The number of hydrogen-bond acceptors (Lipinski definition) is 3. The van der Waals surface area contributed by atoms with E-state index in [9.17, 15) is 4.79 Å². The molecule has 0 bridgehead atoms. The zero-order valence-electron chi connectivity index (χ0n) is 11.8. The number of oxime groups is 1. The van der Waals surface area contributed by atoms with Crippen LogP contribution in [0.1, 0.15) is 23.6 Å². The maximum absolute atomic E-state index is 12.0. The molecule has 1 aromatic carbocycles. The highest BCUT2D eigenvalue weighted by atomic mass is 16.4. The lowest BCUT2D eigenvalue weighted by Crippen LogP contribution is -2.03. The van der Waals surface area contributed by atoms with Crippen LogP contribution in [0.25, 0.3) is 5.57 Å². The molecule has 0 unspecified atom stereocenters. The molecule has 0 atom stereocenters. The van der Waals surface area contributed by atoms with Crippen molar-refractivity contribution in [2.75, 3.05) is 0 Å². The topological polar surface area (TPSA) is 49.7 Å². The third-order valence-corrected chi connectivity index (χ3v) is 3.42. The lowest BCUT2D eigenvalue weighted by molar-refractivity contribution is -0.111. The molecule has 0 amide bonds. The van der Waals surface area contributed by atoms with Gasteiger partial charge in [-0.3, -0.25) is 4.79 Å². The van der Waals surface area contributed by atoms with Crippen LogP contribution in [0.5, 0.6) is 0 Å². The van der Waals surface area contributed by atoms with Crippen LogP contribution in [0.2, 0.25) is 0 Å². The first kappa shape index (κ1) is 14.0. The second-order valence-electron chi connectivity index (χ2n) is 4.88. The predicted octanol–water partition coefficient (Wildman–Crippen LogP) is 3.60. The number of ketones is 1. The Balaban J connectivity index is 2.55. The molecule has 0 fully saturated rings. The van der Waals surface area contributed by atoms with Crippen molar-refractivity contribution in [3.8, 4) is 0 Å². The molecule has 1 N–H and O–H groups in total. The summed E-state index contributed by atoms with van der Waals surface area (Å²) in [6.45, 7) is 5.64. The van der Waals surface area contributed by atoms with Crippen LogP contribution >= 0.6 is 0 Å². The number of carbonyl (C=O) groups excluding carboxylic acids is 1. The highest BCUT2D eigenvalue weighted by Gasteiger charge is 2.13. The van der Waals surface area contributed by atoms with E-state index < -0.39 is 0 Å². The van der Waals surface area contributed by atoms with Gasteiger partial charge in [0.1, 0.15) is 5.71 Å². The second-order valence-corrected chi connectivity index (χ2v) is 4.88. The summed E-state index contributed by atoms with van der Waals surface area (Å²) in [5, 5.41) is 11.8. The zero-order chi connectivity index (χ0) is 14.7. The average molecular weight is 267 g/mol. The fourth-order valence-corrected chi connectivity index (χ4v) is 2.16. The van der Waals surface area contributed by atoms with Gasteiger partial charge in [-0.1, -0.05) is 35.5 Å². The summed E-state index contributed by atoms with van der Waals surface area (Å²) in [5.41, 5.74) is 5.24. The van der Waals surface area contributed by atoms with Crippen molar-refractivity contribution < 1.29 is 10.0 Å². The van der Waals surface area contributed by atoms with E-state index in [0.29, 0.717) is 11.3 Å². The van der Waals surface area contributed by atoms with Crippen molar-refractivity contribution in [3.05, 3.63) is 64.8 Å². The van der Waals surface area contributed by atoms with Gasteiger partial charge in [0.15, 0.2) is 5.78 Å². The quantitative estimate of drug-likeness (QED) is 0.505. The minimum atomic E-state index is 0.0157. The highest BCUT2D eigenvalue weighted by molar-refractivity contribution is 6.22. The Morgan fingerprint density at radius 3 is 2.20 bits per heavy atom. The Labute approximate surface area is 118 Å². The predicted molar refractivity (Wildman–Crippen MR) is 81.0 cm³/mol. The number of nitrogens with zero attached hydrogens (tertiary/aromatic N) is 1. The fraction of sp³-hybridized carbons (Fsp3) is 0.176. The van der Waals surface area contributed by atoms with Crippen molar-refractivity contribution in [1.29, 1.82) is 0 Å². The second kappa shape index (κ2) is 5.70. The van der Waals surface area contributed by atoms with Gasteiger partial charge >= 0.3 is 0 Å². The molecule has 0 radical (unpaired) electrons. The molecule has 1 aliphatic rings. The van der Waals surface area contributed by atoms with Gasteiger partial charge in [0.05, 0.1) is 0 Å². The molecule has 0 saturated heterocycles. The molecule has 102 valence electrons. The Bertz CT molecular complexity index is 658. The van der Waals surface area contributed by atoms with Gasteiger partial charge in [-0.25, -0.2) is 0 Å². The summed E-state index contributed by atoms with van der Waals surface area (Å²) >= 11 is 0. The summed E-state index contributed by atoms with van der Waals surface area (Å²) in [5.74, 6) is 0.0157. The molecule has 3 nitrogen and oxygen atoms in total. The molecule has 0 spiro atoms. The maximum Gasteiger partial charge on any atom is 0.161 e. The number of hydrogen-bond donors (Lipinski definition) is 1. The first-order valence-electron chi connectivity index (χ1n) is 6.44. The maximum atomic E-state index is 12.0. The SMILES string of the molecule is CC(=O)C(=C1C=CC(=NO)C=C1)c1ccc(C)c(C)c1. The molecule has 2 rings (SSSR count). The van der Waals surface area contributed by atoms with Crippen LogP contribution in [0, 0.1) is 13.8 Å². The van der Waals surface area contributed by atoms with Gasteiger partial charge in [0.25, 0.3) is 0 Å². The van der Waals surface area contributed by atoms with Crippen LogP contribution in [0.4, 0.5) is 0 Å². The smallest absolute Gasteiger partial charge is 0.161 e. The van der Waals surface area contributed by atoms with Crippen molar-refractivity contribution in [1.82, 2.24) is 0 Å². The van der Waals surface area contributed by atoms with Crippen LogP contribution in [-0.4, -0.2) is 16.7 Å². The molecule has 0 aliphatic heterocycles. The van der Waals surface area contributed by atoms with Gasteiger partial charge in [-0.15, -0.1) is 0 Å². The fourth-order valence-electron chi connectivity index (χ4n) is 2.16. The molecular weight excluding hydrogens is 250 g/mol. The van der Waals surface area contributed by atoms with E-state index >= 15 is 0 Å². The summed E-state index contributed by atoms with van der Waals surface area (Å²) in [6, 6.07) is 6.00. The number of aryl methyl sites for hydroxylation is 2. The Kier molecular flexibility index (Phi) is 3.99. The van der Waals surface area contributed by atoms with E-state index in [1.807, 2.05) is 32.0 Å². The summed E-state index contributed by atoms with van der Waals surface area (Å²) in [6.07, 6.45) is 6.95. The minimum absolute atomic E-state index is 0.0157. The molecule has 0 aromatic heterocycles. The molecule has 3 heteroatoms. The van der Waals surface area contributed by atoms with E-state index in [-0.39, 0.29) is 5.78 Å². The number of rotatable bonds is 2. The van der Waals surface area contributed by atoms with E-state index in [4.69, 9.17) is 5.21 Å². The van der Waals surface area contributed by atoms with Crippen molar-refractivity contribution in [2.45, 2.75) is 20.8 Å². The van der Waals surface area contributed by atoms with Crippen LogP contribution in [-0.2, 0) is 4.79 Å². The van der Waals surface area contributed by atoms with E-state index in [0.717, 1.165) is 16.7 Å². The summed E-state index contributed by atoms with van der Waals surface area (Å²) < 4.78 is 0. The largest absolute Gasteiger partial charge is 0.410 e. The van der Waals surface area contributed by atoms with Gasteiger partial charge in [0, 0.05) is 5.57 Å². The molecule has 1 aliphatic carbocycles. The molecule has 0 heterocycles. The van der Waals surface area contributed by atoms with Gasteiger partial charge in [-0.05, 0) is 55.2 Å². The van der Waals surface area contributed by atoms with Crippen LogP contribution in [0.15, 0.2) is 53.2 Å². The number of carbonyl (C=O) groups is 1. The van der Waals surface area contributed by atoms with Crippen LogP contribution in [0.3, 0.4) is 0 Å². The third-order valence-electron chi connectivity index (χ3n) is 3.42. The monoisotopic (exact) mass is 267 g/mol. The minimum Gasteiger partial charge on any atom is -0.410 e. The molecule has 1 aromatic rings. The summed E-state index contributed by atoms with van der Waals surface area (Å²) in [7, 11) is 0. The molecule has 20 heavy (non-hydrogen) atoms. The Morgan fingerprint density at radius 2 is 1.70 bits per heavy atom. The molecule has 0 saturated carbocycles. The summed E-state index contributed by atoms with van der Waals surface area (Å²) in [4.78, 5) is 12.0. The lowest BCUT2D eigenvalue weighted by atomic mass is 9.92. The van der Waals surface area contributed by atoms with Gasteiger partial charge in [-0.2, -0.15) is 0 Å². The Hall–Kier alpha value is -2.42. The third kappa shape index (κ3) is 2.77. The molecular formula is C17H17NO2.